The molecule has 0 saturated carbocycles. The van der Waals surface area contributed by atoms with Gasteiger partial charge in [0.15, 0.2) is 0 Å². The molecule has 19 heavy (non-hydrogen) atoms. The number of carbonyl (C=O) groups excluding carboxylic acids is 1. The summed E-state index contributed by atoms with van der Waals surface area (Å²) < 4.78 is 0. The molecule has 1 heterocycles. The first-order valence-electron chi connectivity index (χ1n) is 6.14. The van der Waals surface area contributed by atoms with E-state index in [-0.39, 0.29) is 11.9 Å². The molecule has 4 nitrogen and oxygen atoms in total. The first-order chi connectivity index (χ1) is 9.16. The van der Waals surface area contributed by atoms with Gasteiger partial charge < -0.3 is 10.3 Å². The minimum atomic E-state index is -0.0972. The fourth-order valence-corrected chi connectivity index (χ4v) is 2.57. The second-order valence-electron chi connectivity index (χ2n) is 4.32. The Kier molecular flexibility index (Phi) is 4.63. The van der Waals surface area contributed by atoms with Gasteiger partial charge in [-0.15, -0.1) is 11.8 Å². The fourth-order valence-electron chi connectivity index (χ4n) is 1.73. The van der Waals surface area contributed by atoms with Gasteiger partial charge in [0.2, 0.25) is 5.91 Å². The molecule has 0 aliphatic heterocycles. The first-order valence-corrected chi connectivity index (χ1v) is 7.12. The Labute approximate surface area is 117 Å². The summed E-state index contributed by atoms with van der Waals surface area (Å²) in [6, 6.07) is 7.96. The molecule has 0 aliphatic rings. The fraction of sp³-hybridized carbons (Fsp3) is 0.286. The lowest BCUT2D eigenvalue weighted by Gasteiger charge is -2.11. The summed E-state index contributed by atoms with van der Waals surface area (Å²) in [5.41, 5.74) is 1.19. The number of thioether (sulfide) groups is 1. The number of nitrogens with one attached hydrogen (secondary N) is 2. The molecule has 0 spiro atoms. The zero-order chi connectivity index (χ0) is 13.7. The molecule has 1 atom stereocenters. The predicted octanol–water partition coefficient (Wildman–Crippen LogP) is 2.69. The van der Waals surface area contributed by atoms with Crippen LogP contribution in [-0.2, 0) is 4.79 Å². The summed E-state index contributed by atoms with van der Waals surface area (Å²) in [6.45, 7) is 3.96. The van der Waals surface area contributed by atoms with Gasteiger partial charge in [0.1, 0.15) is 5.82 Å². The number of nitrogens with zero attached hydrogens (tertiary/aromatic N) is 1. The van der Waals surface area contributed by atoms with Crippen LogP contribution in [-0.4, -0.2) is 21.6 Å². The van der Waals surface area contributed by atoms with E-state index < -0.39 is 0 Å². The molecule has 5 heteroatoms. The average Bonchev–Trinajstić information content (AvgIpc) is 2.91. The maximum Gasteiger partial charge on any atom is 0.230 e. The van der Waals surface area contributed by atoms with Crippen molar-refractivity contribution in [2.75, 3.05) is 5.75 Å². The van der Waals surface area contributed by atoms with E-state index in [1.54, 1.807) is 24.2 Å². The lowest BCUT2D eigenvalue weighted by molar-refractivity contribution is -0.119. The van der Waals surface area contributed by atoms with Gasteiger partial charge in [0.05, 0.1) is 11.8 Å². The third kappa shape index (κ3) is 3.86. The van der Waals surface area contributed by atoms with Crippen molar-refractivity contribution >= 4 is 17.7 Å². The Bertz CT molecular complexity index is 539. The van der Waals surface area contributed by atoms with E-state index in [2.05, 4.69) is 15.3 Å². The van der Waals surface area contributed by atoms with Crippen molar-refractivity contribution in [2.24, 2.45) is 0 Å². The van der Waals surface area contributed by atoms with Crippen LogP contribution in [0.3, 0.4) is 0 Å². The molecule has 0 saturated heterocycles. The van der Waals surface area contributed by atoms with Crippen molar-refractivity contribution in [3.8, 4) is 0 Å². The van der Waals surface area contributed by atoms with E-state index in [1.165, 1.54) is 5.56 Å². The Hall–Kier alpha value is -1.75. The van der Waals surface area contributed by atoms with Crippen LogP contribution in [0.1, 0.15) is 24.4 Å². The molecule has 1 aromatic heterocycles. The summed E-state index contributed by atoms with van der Waals surface area (Å²) in [5.74, 6) is 1.20. The van der Waals surface area contributed by atoms with Crippen LogP contribution in [0.2, 0.25) is 0 Å². The van der Waals surface area contributed by atoms with Gasteiger partial charge in [-0.2, -0.15) is 0 Å². The van der Waals surface area contributed by atoms with Gasteiger partial charge in [-0.25, -0.2) is 4.98 Å². The van der Waals surface area contributed by atoms with Crippen molar-refractivity contribution in [1.29, 1.82) is 0 Å². The maximum absolute atomic E-state index is 11.9. The average molecular weight is 275 g/mol. The largest absolute Gasteiger partial charge is 0.347 e. The number of carbonyl (C=O) groups is 1. The van der Waals surface area contributed by atoms with Crippen molar-refractivity contribution in [1.82, 2.24) is 15.3 Å². The van der Waals surface area contributed by atoms with Crippen LogP contribution in [0, 0.1) is 6.92 Å². The molecule has 0 radical (unpaired) electrons. The lowest BCUT2D eigenvalue weighted by Crippen LogP contribution is -2.28. The molecule has 0 fully saturated rings. The molecular formula is C14H17N3OS. The van der Waals surface area contributed by atoms with Crippen LogP contribution in [0.4, 0.5) is 0 Å². The normalized spacial score (nSPS) is 12.1. The Morgan fingerprint density at radius 2 is 2.26 bits per heavy atom. The molecule has 2 N–H and O–H groups in total. The maximum atomic E-state index is 11.9. The summed E-state index contributed by atoms with van der Waals surface area (Å²) in [5, 5.41) is 2.92. The number of aromatic nitrogens is 2. The number of H-pyrrole nitrogens is 1. The quantitative estimate of drug-likeness (QED) is 0.825. The molecule has 100 valence electrons. The third-order valence-electron chi connectivity index (χ3n) is 2.76. The van der Waals surface area contributed by atoms with Crippen molar-refractivity contribution in [3.63, 3.8) is 0 Å². The first kappa shape index (κ1) is 13.7. The van der Waals surface area contributed by atoms with Crippen LogP contribution in [0.25, 0.3) is 0 Å². The van der Waals surface area contributed by atoms with Gasteiger partial charge in [-0.05, 0) is 25.5 Å². The van der Waals surface area contributed by atoms with Crippen LogP contribution in [0.5, 0.6) is 0 Å². The molecule has 1 aromatic carbocycles. The second kappa shape index (κ2) is 6.43. The highest BCUT2D eigenvalue weighted by molar-refractivity contribution is 8.00. The van der Waals surface area contributed by atoms with Gasteiger partial charge in [-0.1, -0.05) is 18.2 Å². The van der Waals surface area contributed by atoms with Crippen molar-refractivity contribution < 1.29 is 4.79 Å². The molecule has 0 aliphatic carbocycles. The van der Waals surface area contributed by atoms with Crippen molar-refractivity contribution in [3.05, 3.63) is 48.0 Å². The Balaban J connectivity index is 1.84. The van der Waals surface area contributed by atoms with E-state index >= 15 is 0 Å². The number of hydrogen-bond acceptors (Lipinski definition) is 3. The van der Waals surface area contributed by atoms with Gasteiger partial charge in [0.25, 0.3) is 0 Å². The number of aromatic amines is 1. The van der Waals surface area contributed by atoms with E-state index in [4.69, 9.17) is 0 Å². The van der Waals surface area contributed by atoms with E-state index in [9.17, 15) is 4.79 Å². The topological polar surface area (TPSA) is 57.8 Å². The van der Waals surface area contributed by atoms with E-state index in [0.717, 1.165) is 10.7 Å². The molecule has 1 amide bonds. The SMILES string of the molecule is Cc1ccccc1SCC(=O)NC(C)c1ncc[nH]1. The zero-order valence-electron chi connectivity index (χ0n) is 11.0. The summed E-state index contributed by atoms with van der Waals surface area (Å²) in [4.78, 5) is 20.1. The minimum Gasteiger partial charge on any atom is -0.347 e. The number of hydrogen-bond donors (Lipinski definition) is 2. The summed E-state index contributed by atoms with van der Waals surface area (Å²) >= 11 is 1.55. The van der Waals surface area contributed by atoms with Crippen LogP contribution in [0.15, 0.2) is 41.6 Å². The number of aryl methyl sites for hydroxylation is 1. The minimum absolute atomic E-state index is 0.0113. The smallest absolute Gasteiger partial charge is 0.230 e. The lowest BCUT2D eigenvalue weighted by atomic mass is 10.2. The Morgan fingerprint density at radius 3 is 2.95 bits per heavy atom. The highest BCUT2D eigenvalue weighted by atomic mass is 32.2. The Morgan fingerprint density at radius 1 is 1.47 bits per heavy atom. The standard InChI is InChI=1S/C14H17N3OS/c1-10-5-3-4-6-12(10)19-9-13(18)17-11(2)14-15-7-8-16-14/h3-8,11H,9H2,1-2H3,(H,15,16)(H,17,18). The van der Waals surface area contributed by atoms with Gasteiger partial charge >= 0.3 is 0 Å². The highest BCUT2D eigenvalue weighted by Crippen LogP contribution is 2.21. The third-order valence-corrected chi connectivity index (χ3v) is 3.93. The predicted molar refractivity (Wildman–Crippen MR) is 77.0 cm³/mol. The number of benzene rings is 1. The zero-order valence-corrected chi connectivity index (χ0v) is 11.8. The molecular weight excluding hydrogens is 258 g/mol. The summed E-state index contributed by atoms with van der Waals surface area (Å²) in [6.07, 6.45) is 3.43. The van der Waals surface area contributed by atoms with Crippen molar-refractivity contribution in [2.45, 2.75) is 24.8 Å². The summed E-state index contributed by atoms with van der Waals surface area (Å²) in [7, 11) is 0. The molecule has 2 aromatic rings. The number of imidazole rings is 1. The van der Waals surface area contributed by atoms with Gasteiger partial charge in [0, 0.05) is 17.3 Å². The van der Waals surface area contributed by atoms with Crippen LogP contribution >= 0.6 is 11.8 Å². The van der Waals surface area contributed by atoms with Crippen LogP contribution < -0.4 is 5.32 Å². The monoisotopic (exact) mass is 275 g/mol. The highest BCUT2D eigenvalue weighted by Gasteiger charge is 2.11. The van der Waals surface area contributed by atoms with E-state index in [0.29, 0.717) is 5.75 Å². The molecule has 1 unspecified atom stereocenters. The second-order valence-corrected chi connectivity index (χ2v) is 5.33. The molecule has 0 bridgehead atoms. The van der Waals surface area contributed by atoms with E-state index in [1.807, 2.05) is 38.1 Å². The molecule has 2 rings (SSSR count). The number of rotatable bonds is 5. The van der Waals surface area contributed by atoms with Gasteiger partial charge in [-0.3, -0.25) is 4.79 Å². The number of amides is 1.